The van der Waals surface area contributed by atoms with Gasteiger partial charge < -0.3 is 16.0 Å². The van der Waals surface area contributed by atoms with E-state index in [1.807, 2.05) is 54.6 Å². The van der Waals surface area contributed by atoms with E-state index in [-0.39, 0.29) is 11.6 Å². The number of carbonyl (C=O) groups excluding carboxylic acids is 3. The Kier molecular flexibility index (Phi) is 10.0. The van der Waals surface area contributed by atoms with E-state index < -0.39 is 17.1 Å². The van der Waals surface area contributed by atoms with Crippen molar-refractivity contribution in [2.24, 2.45) is 0 Å². The van der Waals surface area contributed by atoms with Crippen molar-refractivity contribution >= 4 is 80.9 Å². The summed E-state index contributed by atoms with van der Waals surface area (Å²) >= 11 is 13.6. The molecular weight excluding hydrogens is 613 g/mol. The molecule has 0 fully saturated rings. The summed E-state index contributed by atoms with van der Waals surface area (Å²) in [5, 5.41) is 10.8. The molecule has 0 bridgehead atoms. The number of nitrogens with one attached hydrogen (secondary N) is 3. The molecule has 6 nitrogen and oxygen atoms in total. The number of fused-ring (bicyclic) bond motifs is 1. The highest BCUT2D eigenvalue weighted by Crippen LogP contribution is 2.30. The second-order valence-corrected chi connectivity index (χ2v) is 12.1. The van der Waals surface area contributed by atoms with Crippen LogP contribution < -0.4 is 16.0 Å². The molecule has 44 heavy (non-hydrogen) atoms. The Hall–Kier alpha value is -4.56. The fraction of sp³-hybridized carbons (Fsp3) is 0.0571. The normalized spacial score (nSPS) is 11.9. The van der Waals surface area contributed by atoms with Crippen LogP contribution in [0.1, 0.15) is 22.8 Å². The first-order valence-corrected chi connectivity index (χ1v) is 15.3. The number of thioether (sulfide) groups is 1. The first kappa shape index (κ1) is 30.9. The van der Waals surface area contributed by atoms with Crippen LogP contribution in [0.4, 0.5) is 11.4 Å². The molecule has 0 heterocycles. The van der Waals surface area contributed by atoms with Crippen LogP contribution in [0, 0.1) is 0 Å². The predicted octanol–water partition coefficient (Wildman–Crippen LogP) is 8.68. The van der Waals surface area contributed by atoms with E-state index in [4.69, 9.17) is 23.2 Å². The zero-order valence-electron chi connectivity index (χ0n) is 23.5. The maximum absolute atomic E-state index is 13.6. The molecular formula is C35H27Cl2N3O3S. The standard InChI is InChI=1S/C35H27Cl2N3O3S/c1-22(33(41)39-31-20-26(36)17-18-30(31)37)44-28-15-8-14-27(21-28)38-35(43)32(40-34(42)24-10-3-2-4-11-24)19-25-13-7-12-23-9-5-6-16-29(23)25/h2-22H,1H3,(H,38,43)(H,39,41)(H,40,42)/b32-19+. The van der Waals surface area contributed by atoms with Crippen LogP contribution in [0.25, 0.3) is 16.8 Å². The number of anilines is 2. The van der Waals surface area contributed by atoms with Gasteiger partial charge in [-0.05, 0) is 77.9 Å². The predicted molar refractivity (Wildman–Crippen MR) is 181 cm³/mol. The second kappa shape index (κ2) is 14.3. The zero-order chi connectivity index (χ0) is 31.1. The van der Waals surface area contributed by atoms with E-state index in [0.29, 0.717) is 27.0 Å². The van der Waals surface area contributed by atoms with Gasteiger partial charge in [0, 0.05) is 21.2 Å². The Morgan fingerprint density at radius 2 is 1.50 bits per heavy atom. The van der Waals surface area contributed by atoms with E-state index in [1.54, 1.807) is 73.7 Å². The van der Waals surface area contributed by atoms with Crippen LogP contribution in [-0.4, -0.2) is 23.0 Å². The number of benzene rings is 5. The van der Waals surface area contributed by atoms with Gasteiger partial charge >= 0.3 is 0 Å². The van der Waals surface area contributed by atoms with Crippen LogP contribution >= 0.6 is 35.0 Å². The van der Waals surface area contributed by atoms with Crippen molar-refractivity contribution in [3.63, 3.8) is 0 Å². The maximum Gasteiger partial charge on any atom is 0.272 e. The fourth-order valence-electron chi connectivity index (χ4n) is 4.41. The summed E-state index contributed by atoms with van der Waals surface area (Å²) in [6.07, 6.45) is 1.67. The van der Waals surface area contributed by atoms with Gasteiger partial charge in [0.2, 0.25) is 5.91 Å². The maximum atomic E-state index is 13.6. The highest BCUT2D eigenvalue weighted by molar-refractivity contribution is 8.00. The molecule has 0 aliphatic heterocycles. The van der Waals surface area contributed by atoms with Crippen molar-refractivity contribution in [2.45, 2.75) is 17.1 Å². The van der Waals surface area contributed by atoms with Gasteiger partial charge in [0.15, 0.2) is 0 Å². The van der Waals surface area contributed by atoms with Crippen LogP contribution in [-0.2, 0) is 9.59 Å². The molecule has 0 spiro atoms. The molecule has 220 valence electrons. The van der Waals surface area contributed by atoms with Gasteiger partial charge in [0.05, 0.1) is 16.0 Å². The molecule has 5 aromatic carbocycles. The minimum absolute atomic E-state index is 0.0828. The molecule has 5 aromatic rings. The van der Waals surface area contributed by atoms with Crippen LogP contribution in [0.2, 0.25) is 10.0 Å². The van der Waals surface area contributed by atoms with Gasteiger partial charge in [-0.1, -0.05) is 89.9 Å². The summed E-state index contributed by atoms with van der Waals surface area (Å²) in [5.41, 5.74) is 2.22. The van der Waals surface area contributed by atoms with Crippen molar-refractivity contribution < 1.29 is 14.4 Å². The Balaban J connectivity index is 1.35. The molecule has 5 rings (SSSR count). The summed E-state index contributed by atoms with van der Waals surface area (Å²) in [5.74, 6) is -1.15. The summed E-state index contributed by atoms with van der Waals surface area (Å²) in [7, 11) is 0. The third-order valence-electron chi connectivity index (χ3n) is 6.61. The topological polar surface area (TPSA) is 87.3 Å². The Morgan fingerprint density at radius 3 is 2.32 bits per heavy atom. The van der Waals surface area contributed by atoms with Crippen LogP contribution in [0.5, 0.6) is 0 Å². The summed E-state index contributed by atoms with van der Waals surface area (Å²) in [6.45, 7) is 1.77. The Bertz CT molecular complexity index is 1870. The van der Waals surface area contributed by atoms with Gasteiger partial charge in [-0.3, -0.25) is 14.4 Å². The lowest BCUT2D eigenvalue weighted by atomic mass is 10.0. The van der Waals surface area contributed by atoms with Gasteiger partial charge in [0.1, 0.15) is 5.70 Å². The molecule has 1 unspecified atom stereocenters. The van der Waals surface area contributed by atoms with E-state index in [9.17, 15) is 14.4 Å². The molecule has 0 saturated carbocycles. The quantitative estimate of drug-likeness (QED) is 0.111. The van der Waals surface area contributed by atoms with Crippen LogP contribution in [0.15, 0.2) is 126 Å². The molecule has 0 saturated heterocycles. The number of hydrogen-bond donors (Lipinski definition) is 3. The second-order valence-electron chi connectivity index (χ2n) is 9.80. The van der Waals surface area contributed by atoms with Gasteiger partial charge in [0.25, 0.3) is 11.8 Å². The van der Waals surface area contributed by atoms with Crippen molar-refractivity contribution in [1.29, 1.82) is 0 Å². The van der Waals surface area contributed by atoms with E-state index in [0.717, 1.165) is 21.2 Å². The first-order chi connectivity index (χ1) is 21.3. The van der Waals surface area contributed by atoms with Crippen LogP contribution in [0.3, 0.4) is 0 Å². The monoisotopic (exact) mass is 639 g/mol. The summed E-state index contributed by atoms with van der Waals surface area (Å²) in [6, 6.07) is 34.3. The average molecular weight is 641 g/mol. The third-order valence-corrected chi connectivity index (χ3v) is 8.27. The lowest BCUT2D eigenvalue weighted by molar-refractivity contribution is -0.115. The van der Waals surface area contributed by atoms with Crippen molar-refractivity contribution in [3.8, 4) is 0 Å². The number of rotatable bonds is 9. The summed E-state index contributed by atoms with van der Waals surface area (Å²) < 4.78 is 0. The minimum atomic E-state index is -0.495. The van der Waals surface area contributed by atoms with Crippen molar-refractivity contribution in [1.82, 2.24) is 5.32 Å². The SMILES string of the molecule is CC(Sc1cccc(NC(=O)/C(=C\c2cccc3ccccc23)NC(=O)c2ccccc2)c1)C(=O)Nc1cc(Cl)ccc1Cl. The average Bonchev–Trinajstić information content (AvgIpc) is 3.03. The molecule has 0 aliphatic carbocycles. The van der Waals surface area contributed by atoms with Crippen molar-refractivity contribution in [2.75, 3.05) is 10.6 Å². The van der Waals surface area contributed by atoms with Gasteiger partial charge in [-0.25, -0.2) is 0 Å². The molecule has 3 amide bonds. The highest BCUT2D eigenvalue weighted by atomic mass is 35.5. The number of hydrogen-bond acceptors (Lipinski definition) is 4. The number of amides is 3. The van der Waals surface area contributed by atoms with E-state index in [1.165, 1.54) is 11.8 Å². The molecule has 9 heteroatoms. The lowest BCUT2D eigenvalue weighted by Crippen LogP contribution is -2.30. The number of carbonyl (C=O) groups is 3. The molecule has 0 aliphatic rings. The first-order valence-electron chi connectivity index (χ1n) is 13.7. The Labute approximate surface area is 269 Å². The van der Waals surface area contributed by atoms with E-state index in [2.05, 4.69) is 16.0 Å². The van der Waals surface area contributed by atoms with Gasteiger partial charge in [-0.2, -0.15) is 0 Å². The third kappa shape index (κ3) is 7.88. The molecule has 3 N–H and O–H groups in total. The van der Waals surface area contributed by atoms with Crippen molar-refractivity contribution in [3.05, 3.63) is 142 Å². The number of halogens is 2. The molecule has 0 radical (unpaired) electrons. The smallest absolute Gasteiger partial charge is 0.272 e. The highest BCUT2D eigenvalue weighted by Gasteiger charge is 2.18. The molecule has 1 atom stereocenters. The lowest BCUT2D eigenvalue weighted by Gasteiger charge is -2.15. The zero-order valence-corrected chi connectivity index (χ0v) is 25.8. The van der Waals surface area contributed by atoms with E-state index >= 15 is 0 Å². The van der Waals surface area contributed by atoms with Gasteiger partial charge in [-0.15, -0.1) is 11.8 Å². The largest absolute Gasteiger partial charge is 0.324 e. The Morgan fingerprint density at radius 1 is 0.773 bits per heavy atom. The fourth-order valence-corrected chi connectivity index (χ4v) is 5.67. The minimum Gasteiger partial charge on any atom is -0.324 e. The molecule has 0 aromatic heterocycles. The summed E-state index contributed by atoms with van der Waals surface area (Å²) in [4.78, 5) is 40.4.